The molecule has 0 bridgehead atoms. The van der Waals surface area contributed by atoms with Crippen molar-refractivity contribution in [2.75, 3.05) is 13.1 Å². The largest absolute Gasteiger partial charge is 0.354 e. The molecule has 3 aromatic rings. The summed E-state index contributed by atoms with van der Waals surface area (Å²) in [5.74, 6) is 0.213. The molecule has 0 aliphatic heterocycles. The molecule has 0 aliphatic rings. The molecule has 26 heavy (non-hydrogen) atoms. The van der Waals surface area contributed by atoms with Gasteiger partial charge in [-0.25, -0.2) is 0 Å². The Morgan fingerprint density at radius 1 is 1.00 bits per heavy atom. The zero-order chi connectivity index (χ0) is 18.5. The van der Waals surface area contributed by atoms with Crippen molar-refractivity contribution in [3.8, 4) is 11.3 Å². The van der Waals surface area contributed by atoms with Crippen LogP contribution in [0, 0.1) is 3.57 Å². The Bertz CT molecular complexity index is 877. The molecule has 0 saturated heterocycles. The van der Waals surface area contributed by atoms with E-state index in [4.69, 9.17) is 0 Å². The smallest absolute Gasteiger partial charge is 0.227 e. The Hall–Kier alpha value is -1.82. The van der Waals surface area contributed by atoms with Crippen LogP contribution in [-0.2, 0) is 11.2 Å². The van der Waals surface area contributed by atoms with Crippen molar-refractivity contribution in [1.29, 1.82) is 0 Å². The number of fused-ring (bicyclic) bond motifs is 1. The molecule has 0 radical (unpaired) electrons. The topological polar surface area (TPSA) is 36.1 Å². The first-order valence-corrected chi connectivity index (χ1v) is 10.3. The average Bonchev–Trinajstić information content (AvgIpc) is 3.01. The van der Waals surface area contributed by atoms with Gasteiger partial charge in [-0.3, -0.25) is 4.79 Å². The molecular weight excluding hydrogens is 435 g/mol. The molecule has 0 unspecified atom stereocenters. The van der Waals surface area contributed by atoms with Crippen molar-refractivity contribution in [3.05, 3.63) is 57.7 Å². The minimum absolute atomic E-state index is 0.213. The fourth-order valence-electron chi connectivity index (χ4n) is 3.41. The summed E-state index contributed by atoms with van der Waals surface area (Å²) in [6.07, 6.45) is 2.42. The van der Waals surface area contributed by atoms with Crippen molar-refractivity contribution < 1.29 is 4.79 Å². The number of aromatic nitrogens is 1. The van der Waals surface area contributed by atoms with E-state index < -0.39 is 0 Å². The van der Waals surface area contributed by atoms with E-state index in [1.54, 1.807) is 0 Å². The van der Waals surface area contributed by atoms with Crippen molar-refractivity contribution in [2.24, 2.45) is 0 Å². The van der Waals surface area contributed by atoms with E-state index >= 15 is 0 Å². The van der Waals surface area contributed by atoms with E-state index in [1.165, 1.54) is 3.57 Å². The Morgan fingerprint density at radius 2 is 1.65 bits per heavy atom. The van der Waals surface area contributed by atoms with Gasteiger partial charge >= 0.3 is 0 Å². The van der Waals surface area contributed by atoms with E-state index in [0.29, 0.717) is 6.42 Å². The van der Waals surface area contributed by atoms with Gasteiger partial charge < -0.3 is 9.88 Å². The van der Waals surface area contributed by atoms with E-state index in [1.807, 2.05) is 17.0 Å². The summed E-state index contributed by atoms with van der Waals surface area (Å²) in [5, 5.41) is 1.14. The lowest BCUT2D eigenvalue weighted by Crippen LogP contribution is -2.33. The van der Waals surface area contributed by atoms with Crippen LogP contribution in [-0.4, -0.2) is 28.9 Å². The van der Waals surface area contributed by atoms with Crippen molar-refractivity contribution in [3.63, 3.8) is 0 Å². The third-order valence-electron chi connectivity index (χ3n) is 4.61. The van der Waals surface area contributed by atoms with Crippen LogP contribution in [0.4, 0.5) is 0 Å². The maximum Gasteiger partial charge on any atom is 0.227 e. The fraction of sp³-hybridized carbons (Fsp3) is 0.318. The summed E-state index contributed by atoms with van der Waals surface area (Å²) in [4.78, 5) is 18.5. The van der Waals surface area contributed by atoms with Gasteiger partial charge in [-0.15, -0.1) is 0 Å². The van der Waals surface area contributed by atoms with Crippen LogP contribution in [0.1, 0.15) is 32.3 Å². The van der Waals surface area contributed by atoms with E-state index in [0.717, 1.165) is 53.7 Å². The third-order valence-corrected chi connectivity index (χ3v) is 5.33. The number of hydrogen-bond donors (Lipinski definition) is 1. The number of aromatic amines is 1. The summed E-state index contributed by atoms with van der Waals surface area (Å²) in [7, 11) is 0. The third kappa shape index (κ3) is 4.11. The van der Waals surface area contributed by atoms with Gasteiger partial charge in [-0.05, 0) is 64.8 Å². The van der Waals surface area contributed by atoms with Crippen LogP contribution < -0.4 is 0 Å². The maximum atomic E-state index is 13.0. The first kappa shape index (κ1) is 19.0. The molecule has 2 aromatic carbocycles. The number of hydrogen-bond acceptors (Lipinski definition) is 1. The first-order chi connectivity index (χ1) is 12.6. The zero-order valence-corrected chi connectivity index (χ0v) is 17.5. The molecule has 0 spiro atoms. The van der Waals surface area contributed by atoms with Gasteiger partial charge in [-0.2, -0.15) is 0 Å². The number of H-pyrrole nitrogens is 1. The van der Waals surface area contributed by atoms with Gasteiger partial charge in [-0.1, -0.05) is 44.2 Å². The summed E-state index contributed by atoms with van der Waals surface area (Å²) in [6.45, 7) is 5.90. The molecule has 0 fully saturated rings. The summed E-state index contributed by atoms with van der Waals surface area (Å²) >= 11 is 2.31. The number of rotatable bonds is 7. The number of nitrogens with zero attached hydrogens (tertiary/aromatic N) is 1. The maximum absolute atomic E-state index is 13.0. The molecular formula is C22H25IN2O. The lowest BCUT2D eigenvalue weighted by molar-refractivity contribution is -0.130. The number of carbonyl (C=O) groups excluding carboxylic acids is 1. The molecule has 1 heterocycles. The highest BCUT2D eigenvalue weighted by Gasteiger charge is 2.19. The van der Waals surface area contributed by atoms with Crippen molar-refractivity contribution in [1.82, 2.24) is 9.88 Å². The van der Waals surface area contributed by atoms with E-state index in [-0.39, 0.29) is 5.91 Å². The second kappa shape index (κ2) is 8.71. The fourth-order valence-corrected chi connectivity index (χ4v) is 3.77. The molecule has 0 atom stereocenters. The molecule has 3 rings (SSSR count). The highest BCUT2D eigenvalue weighted by Crippen LogP contribution is 2.31. The Morgan fingerprint density at radius 3 is 2.31 bits per heavy atom. The van der Waals surface area contributed by atoms with Crippen LogP contribution in [0.25, 0.3) is 22.2 Å². The van der Waals surface area contributed by atoms with Crippen LogP contribution in [0.15, 0.2) is 48.5 Å². The number of amides is 1. The normalized spacial score (nSPS) is 11.0. The molecule has 1 N–H and O–H groups in total. The molecule has 0 aliphatic carbocycles. The molecule has 1 amide bonds. The monoisotopic (exact) mass is 460 g/mol. The number of carbonyl (C=O) groups is 1. The SMILES string of the molecule is CCCN(CCC)C(=O)Cc1c(-c2ccc(I)cc2)[nH]c2ccccc12. The Balaban J connectivity index is 2.01. The highest BCUT2D eigenvalue weighted by molar-refractivity contribution is 14.1. The Labute approximate surface area is 168 Å². The molecule has 4 heteroatoms. The predicted molar refractivity (Wildman–Crippen MR) is 117 cm³/mol. The quantitative estimate of drug-likeness (QED) is 0.456. The second-order valence-electron chi connectivity index (χ2n) is 6.59. The zero-order valence-electron chi connectivity index (χ0n) is 15.4. The summed E-state index contributed by atoms with van der Waals surface area (Å²) in [6, 6.07) is 16.7. The van der Waals surface area contributed by atoms with Gasteiger partial charge in [0, 0.05) is 27.6 Å². The minimum atomic E-state index is 0.213. The van der Waals surface area contributed by atoms with E-state index in [2.05, 4.69) is 77.8 Å². The molecule has 0 saturated carbocycles. The average molecular weight is 460 g/mol. The van der Waals surface area contributed by atoms with Gasteiger partial charge in [0.25, 0.3) is 0 Å². The first-order valence-electron chi connectivity index (χ1n) is 9.27. The van der Waals surface area contributed by atoms with Crippen molar-refractivity contribution >= 4 is 39.4 Å². The number of benzene rings is 2. The lowest BCUT2D eigenvalue weighted by Gasteiger charge is -2.21. The summed E-state index contributed by atoms with van der Waals surface area (Å²) < 4.78 is 1.21. The standard InChI is InChI=1S/C22H25IN2O/c1-3-13-25(14-4-2)21(26)15-19-18-7-5-6-8-20(18)24-22(19)16-9-11-17(23)12-10-16/h5-12,24H,3-4,13-15H2,1-2H3. The van der Waals surface area contributed by atoms with Crippen LogP contribution in [0.2, 0.25) is 0 Å². The number of para-hydroxylation sites is 1. The lowest BCUT2D eigenvalue weighted by atomic mass is 10.0. The van der Waals surface area contributed by atoms with Crippen molar-refractivity contribution in [2.45, 2.75) is 33.1 Å². The molecule has 3 nitrogen and oxygen atoms in total. The highest BCUT2D eigenvalue weighted by atomic mass is 127. The van der Waals surface area contributed by atoms with E-state index in [9.17, 15) is 4.79 Å². The van der Waals surface area contributed by atoms with Gasteiger partial charge in [0.1, 0.15) is 0 Å². The van der Waals surface area contributed by atoms with Crippen LogP contribution >= 0.6 is 22.6 Å². The second-order valence-corrected chi connectivity index (χ2v) is 7.83. The van der Waals surface area contributed by atoms with Crippen LogP contribution in [0.3, 0.4) is 0 Å². The number of nitrogens with one attached hydrogen (secondary N) is 1. The predicted octanol–water partition coefficient (Wildman–Crippen LogP) is 5.63. The summed E-state index contributed by atoms with van der Waals surface area (Å²) in [5.41, 5.74) is 4.37. The van der Waals surface area contributed by atoms with Crippen LogP contribution in [0.5, 0.6) is 0 Å². The Kier molecular flexibility index (Phi) is 6.35. The van der Waals surface area contributed by atoms with Gasteiger partial charge in [0.15, 0.2) is 0 Å². The molecule has 136 valence electrons. The van der Waals surface area contributed by atoms with Gasteiger partial charge in [0.05, 0.1) is 12.1 Å². The molecule has 1 aromatic heterocycles. The van der Waals surface area contributed by atoms with Gasteiger partial charge in [0.2, 0.25) is 5.91 Å². The minimum Gasteiger partial charge on any atom is -0.354 e. The number of halogens is 1.